The Morgan fingerprint density at radius 2 is 1.86 bits per heavy atom. The van der Waals surface area contributed by atoms with E-state index in [1.54, 1.807) is 6.07 Å². The molecule has 1 nitrogen and oxygen atoms in total. The summed E-state index contributed by atoms with van der Waals surface area (Å²) in [5.74, 6) is 0.520. The molecule has 0 aromatic heterocycles. The van der Waals surface area contributed by atoms with E-state index in [2.05, 4.69) is 24.3 Å². The van der Waals surface area contributed by atoms with Crippen molar-refractivity contribution in [2.45, 2.75) is 31.7 Å². The largest absolute Gasteiger partial charge is 0.327 e. The third-order valence-electron chi connectivity index (χ3n) is 4.46. The van der Waals surface area contributed by atoms with Gasteiger partial charge in [-0.05, 0) is 60.4 Å². The lowest BCUT2D eigenvalue weighted by atomic mass is 9.79. The summed E-state index contributed by atoms with van der Waals surface area (Å²) in [7, 11) is 0. The van der Waals surface area contributed by atoms with E-state index in [1.807, 2.05) is 12.1 Å². The number of nitrogens with two attached hydrogens (primary N) is 1. The lowest BCUT2D eigenvalue weighted by Gasteiger charge is -2.29. The molecule has 2 unspecified atom stereocenters. The number of fused-ring (bicyclic) bond motifs is 1. The molecule has 1 aliphatic rings. The zero-order valence-electron chi connectivity index (χ0n) is 11.9. The van der Waals surface area contributed by atoms with E-state index < -0.39 is 0 Å². The maximum atomic E-state index is 6.45. The fourth-order valence-electron chi connectivity index (χ4n) is 3.20. The van der Waals surface area contributed by atoms with Gasteiger partial charge in [-0.2, -0.15) is 0 Å². The van der Waals surface area contributed by atoms with Crippen LogP contribution in [-0.4, -0.2) is 6.04 Å². The van der Waals surface area contributed by atoms with Crippen LogP contribution in [0.3, 0.4) is 0 Å². The number of hydrogen-bond donors (Lipinski definition) is 1. The molecule has 3 rings (SSSR count). The van der Waals surface area contributed by atoms with Gasteiger partial charge in [0.25, 0.3) is 0 Å². The van der Waals surface area contributed by atoms with Gasteiger partial charge in [-0.15, -0.1) is 0 Å². The Kier molecular flexibility index (Phi) is 4.54. The summed E-state index contributed by atoms with van der Waals surface area (Å²) in [5.41, 5.74) is 10.5. The maximum absolute atomic E-state index is 6.45. The Balaban J connectivity index is 1.70. The summed E-state index contributed by atoms with van der Waals surface area (Å²) in [4.78, 5) is 0. The highest BCUT2D eigenvalue weighted by molar-refractivity contribution is 6.35. The van der Waals surface area contributed by atoms with Crippen molar-refractivity contribution in [2.24, 2.45) is 11.7 Å². The Morgan fingerprint density at radius 1 is 1.10 bits per heavy atom. The molecular weight excluding hydrogens is 301 g/mol. The Hall–Kier alpha value is -1.02. The quantitative estimate of drug-likeness (QED) is 0.874. The second-order valence-electron chi connectivity index (χ2n) is 5.88. The normalized spacial score (nSPS) is 19.1. The van der Waals surface area contributed by atoms with Crippen LogP contribution in [0.5, 0.6) is 0 Å². The van der Waals surface area contributed by atoms with Gasteiger partial charge in [0.15, 0.2) is 0 Å². The monoisotopic (exact) mass is 319 g/mol. The number of benzene rings is 2. The molecule has 2 N–H and O–H groups in total. The standard InChI is InChI=1S/C18H19Cl2N/c19-16-8-7-14(17(20)11-16)10-18(21)15-6-5-12-3-1-2-4-13(12)9-15/h1-4,7-8,11,15,18H,5-6,9-10,21H2. The van der Waals surface area contributed by atoms with E-state index in [9.17, 15) is 0 Å². The van der Waals surface area contributed by atoms with Crippen molar-refractivity contribution >= 4 is 23.2 Å². The minimum Gasteiger partial charge on any atom is -0.327 e. The molecule has 0 spiro atoms. The smallest absolute Gasteiger partial charge is 0.0453 e. The summed E-state index contributed by atoms with van der Waals surface area (Å²) in [5, 5.41) is 1.39. The fourth-order valence-corrected chi connectivity index (χ4v) is 3.68. The van der Waals surface area contributed by atoms with Crippen molar-refractivity contribution in [3.8, 4) is 0 Å². The summed E-state index contributed by atoms with van der Waals surface area (Å²) < 4.78 is 0. The van der Waals surface area contributed by atoms with Gasteiger partial charge in [-0.1, -0.05) is 53.5 Å². The second-order valence-corrected chi connectivity index (χ2v) is 6.72. The van der Waals surface area contributed by atoms with Gasteiger partial charge in [-0.25, -0.2) is 0 Å². The van der Waals surface area contributed by atoms with Crippen LogP contribution in [0.15, 0.2) is 42.5 Å². The highest BCUT2D eigenvalue weighted by atomic mass is 35.5. The number of hydrogen-bond acceptors (Lipinski definition) is 1. The molecule has 2 aromatic rings. The van der Waals surface area contributed by atoms with Crippen molar-refractivity contribution in [1.82, 2.24) is 0 Å². The van der Waals surface area contributed by atoms with Crippen molar-refractivity contribution < 1.29 is 0 Å². The lowest BCUT2D eigenvalue weighted by Crippen LogP contribution is -2.36. The predicted octanol–water partition coefficient (Wildman–Crippen LogP) is 4.67. The van der Waals surface area contributed by atoms with E-state index in [0.717, 1.165) is 31.2 Å². The average molecular weight is 320 g/mol. The second kappa shape index (κ2) is 6.39. The van der Waals surface area contributed by atoms with Gasteiger partial charge in [0.1, 0.15) is 0 Å². The van der Waals surface area contributed by atoms with Gasteiger partial charge in [0.05, 0.1) is 0 Å². The van der Waals surface area contributed by atoms with Crippen LogP contribution >= 0.6 is 23.2 Å². The minimum absolute atomic E-state index is 0.136. The van der Waals surface area contributed by atoms with Crippen LogP contribution in [-0.2, 0) is 19.3 Å². The zero-order chi connectivity index (χ0) is 14.8. The molecule has 0 fully saturated rings. The molecule has 0 saturated heterocycles. The topological polar surface area (TPSA) is 26.0 Å². The lowest BCUT2D eigenvalue weighted by molar-refractivity contribution is 0.372. The zero-order valence-corrected chi connectivity index (χ0v) is 13.4. The van der Waals surface area contributed by atoms with E-state index in [1.165, 1.54) is 11.1 Å². The predicted molar refractivity (Wildman–Crippen MR) is 90.1 cm³/mol. The molecule has 0 heterocycles. The molecule has 0 bridgehead atoms. The maximum Gasteiger partial charge on any atom is 0.0453 e. The summed E-state index contributed by atoms with van der Waals surface area (Å²) in [6.07, 6.45) is 4.16. The third kappa shape index (κ3) is 3.42. The summed E-state index contributed by atoms with van der Waals surface area (Å²) in [6.45, 7) is 0. The van der Waals surface area contributed by atoms with Gasteiger partial charge in [-0.3, -0.25) is 0 Å². The number of rotatable bonds is 3. The molecular formula is C18H19Cl2N. The number of halogens is 2. The van der Waals surface area contributed by atoms with Crippen molar-refractivity contribution in [3.05, 3.63) is 69.2 Å². The highest BCUT2D eigenvalue weighted by Gasteiger charge is 2.24. The fraction of sp³-hybridized carbons (Fsp3) is 0.333. The van der Waals surface area contributed by atoms with Gasteiger partial charge in [0.2, 0.25) is 0 Å². The molecule has 0 radical (unpaired) electrons. The average Bonchev–Trinajstić information content (AvgIpc) is 2.49. The molecule has 0 amide bonds. The van der Waals surface area contributed by atoms with Crippen molar-refractivity contribution in [3.63, 3.8) is 0 Å². The van der Waals surface area contributed by atoms with Gasteiger partial charge < -0.3 is 5.73 Å². The van der Waals surface area contributed by atoms with Crippen molar-refractivity contribution in [1.29, 1.82) is 0 Å². The van der Waals surface area contributed by atoms with E-state index in [0.29, 0.717) is 16.0 Å². The van der Waals surface area contributed by atoms with E-state index in [4.69, 9.17) is 28.9 Å². The van der Waals surface area contributed by atoms with Crippen molar-refractivity contribution in [2.75, 3.05) is 0 Å². The van der Waals surface area contributed by atoms with Crippen LogP contribution in [0.4, 0.5) is 0 Å². The first kappa shape index (κ1) is 14.9. The van der Waals surface area contributed by atoms with Crippen LogP contribution in [0.25, 0.3) is 0 Å². The summed E-state index contributed by atoms with van der Waals surface area (Å²) in [6, 6.07) is 14.5. The van der Waals surface area contributed by atoms with Gasteiger partial charge >= 0.3 is 0 Å². The SMILES string of the molecule is NC(Cc1ccc(Cl)cc1Cl)C1CCc2ccccc2C1. The molecule has 0 saturated carbocycles. The molecule has 0 aliphatic heterocycles. The van der Waals surface area contributed by atoms with Crippen LogP contribution in [0.1, 0.15) is 23.1 Å². The first-order chi connectivity index (χ1) is 10.1. The highest BCUT2D eigenvalue weighted by Crippen LogP contribution is 2.29. The Labute approximate surface area is 136 Å². The van der Waals surface area contributed by atoms with E-state index >= 15 is 0 Å². The van der Waals surface area contributed by atoms with E-state index in [-0.39, 0.29) is 6.04 Å². The molecule has 2 atom stereocenters. The third-order valence-corrected chi connectivity index (χ3v) is 5.05. The molecule has 110 valence electrons. The van der Waals surface area contributed by atoms with Crippen LogP contribution in [0.2, 0.25) is 10.0 Å². The molecule has 21 heavy (non-hydrogen) atoms. The molecule has 1 aliphatic carbocycles. The summed E-state index contributed by atoms with van der Waals surface area (Å²) >= 11 is 12.2. The number of aryl methyl sites for hydroxylation is 1. The van der Waals surface area contributed by atoms with Crippen LogP contribution < -0.4 is 5.73 Å². The first-order valence-electron chi connectivity index (χ1n) is 7.40. The molecule has 2 aromatic carbocycles. The van der Waals surface area contributed by atoms with Crippen LogP contribution in [0, 0.1) is 5.92 Å². The Morgan fingerprint density at radius 3 is 2.62 bits per heavy atom. The van der Waals surface area contributed by atoms with Gasteiger partial charge in [0, 0.05) is 16.1 Å². The minimum atomic E-state index is 0.136. The first-order valence-corrected chi connectivity index (χ1v) is 8.15. The molecule has 3 heteroatoms. The Bertz CT molecular complexity index is 639.